The summed E-state index contributed by atoms with van der Waals surface area (Å²) in [6.07, 6.45) is 4.79. The van der Waals surface area contributed by atoms with Crippen LogP contribution in [0.2, 0.25) is 0 Å². The van der Waals surface area contributed by atoms with Crippen LogP contribution >= 0.6 is 0 Å². The number of carbonyl (C=O) groups excluding carboxylic acids is 1. The Morgan fingerprint density at radius 3 is 2.79 bits per heavy atom. The van der Waals surface area contributed by atoms with Gasteiger partial charge in [0.15, 0.2) is 0 Å². The van der Waals surface area contributed by atoms with Gasteiger partial charge in [-0.25, -0.2) is 4.98 Å². The van der Waals surface area contributed by atoms with Crippen LogP contribution in [0.15, 0.2) is 54.9 Å². The molecule has 0 unspecified atom stereocenters. The summed E-state index contributed by atoms with van der Waals surface area (Å²) in [6, 6.07) is 14.0. The van der Waals surface area contributed by atoms with Crippen LogP contribution < -0.4 is 0 Å². The maximum Gasteiger partial charge on any atom is 0.272 e. The first kappa shape index (κ1) is 18.6. The van der Waals surface area contributed by atoms with Crippen LogP contribution in [0.1, 0.15) is 21.7 Å². The second kappa shape index (κ2) is 8.07. The second-order valence-corrected chi connectivity index (χ2v) is 7.77. The van der Waals surface area contributed by atoms with Crippen molar-refractivity contribution in [2.45, 2.75) is 13.3 Å². The number of hydrogen-bond donors (Lipinski definition) is 0. The van der Waals surface area contributed by atoms with E-state index in [2.05, 4.69) is 40.1 Å². The predicted molar refractivity (Wildman–Crippen MR) is 111 cm³/mol. The summed E-state index contributed by atoms with van der Waals surface area (Å²) in [5.74, 6) is 0.383. The zero-order chi connectivity index (χ0) is 19.5. The number of hydrogen-bond acceptors (Lipinski definition) is 4. The van der Waals surface area contributed by atoms with Crippen LogP contribution in [-0.2, 0) is 6.42 Å². The molecule has 3 aromatic rings. The van der Waals surface area contributed by atoms with Crippen LogP contribution in [0, 0.1) is 12.8 Å². The number of fused-ring (bicyclic) bond motifs is 1. The summed E-state index contributed by atoms with van der Waals surface area (Å²) in [6.45, 7) is 5.23. The number of rotatable bonds is 3. The van der Waals surface area contributed by atoms with E-state index < -0.39 is 0 Å². The summed E-state index contributed by atoms with van der Waals surface area (Å²) in [5.41, 5.74) is 2.66. The molecular weight excluding hydrogens is 348 g/mol. The van der Waals surface area contributed by atoms with Gasteiger partial charge in [-0.1, -0.05) is 30.3 Å². The third-order valence-electron chi connectivity index (χ3n) is 5.45. The minimum Gasteiger partial charge on any atom is -0.336 e. The van der Waals surface area contributed by atoms with Crippen molar-refractivity contribution in [1.29, 1.82) is 0 Å². The molecule has 0 saturated carbocycles. The van der Waals surface area contributed by atoms with Crippen LogP contribution in [0.4, 0.5) is 0 Å². The fourth-order valence-corrected chi connectivity index (χ4v) is 4.07. The Morgan fingerprint density at radius 2 is 1.93 bits per heavy atom. The number of likely N-dealkylation sites (N-methyl/N-ethyl adjacent to an activating group) is 1. The van der Waals surface area contributed by atoms with Gasteiger partial charge in [-0.05, 0) is 49.4 Å². The summed E-state index contributed by atoms with van der Waals surface area (Å²) in [4.78, 5) is 26.2. The van der Waals surface area contributed by atoms with Gasteiger partial charge in [0.2, 0.25) is 0 Å². The smallest absolute Gasteiger partial charge is 0.272 e. The van der Waals surface area contributed by atoms with E-state index in [9.17, 15) is 4.79 Å². The Labute approximate surface area is 166 Å². The lowest BCUT2D eigenvalue weighted by molar-refractivity contribution is 0.0740. The maximum atomic E-state index is 13.1. The monoisotopic (exact) mass is 374 g/mol. The number of aromatic nitrogens is 2. The highest BCUT2D eigenvalue weighted by Crippen LogP contribution is 2.22. The Kier molecular flexibility index (Phi) is 5.35. The topological polar surface area (TPSA) is 49.3 Å². The molecule has 28 heavy (non-hydrogen) atoms. The summed E-state index contributed by atoms with van der Waals surface area (Å²) < 4.78 is 0. The van der Waals surface area contributed by atoms with E-state index in [1.54, 1.807) is 0 Å². The fraction of sp³-hybridized carbons (Fsp3) is 0.348. The van der Waals surface area contributed by atoms with E-state index in [0.717, 1.165) is 38.3 Å². The van der Waals surface area contributed by atoms with Gasteiger partial charge in [-0.15, -0.1) is 0 Å². The Balaban J connectivity index is 1.57. The summed E-state index contributed by atoms with van der Waals surface area (Å²) in [5, 5.41) is 2.42. The van der Waals surface area contributed by atoms with E-state index >= 15 is 0 Å². The standard InChI is InChI=1S/C23H26N4O/c1-17-6-5-9-22(25-17)23(28)27-11-10-26(2)15-18(16-27)12-20-14-24-13-19-7-3-4-8-21(19)20/h3-9,13-14,18H,10-12,15-16H2,1-2H3/t18-/m1/s1. The molecule has 1 aliphatic heterocycles. The number of pyridine rings is 2. The highest BCUT2D eigenvalue weighted by atomic mass is 16.2. The Bertz CT molecular complexity index is 982. The van der Waals surface area contributed by atoms with Crippen molar-refractivity contribution in [2.75, 3.05) is 33.2 Å². The van der Waals surface area contributed by atoms with Crippen molar-refractivity contribution < 1.29 is 4.79 Å². The Morgan fingerprint density at radius 1 is 1.07 bits per heavy atom. The minimum atomic E-state index is 0.0278. The average Bonchev–Trinajstić information content (AvgIpc) is 2.89. The molecule has 0 radical (unpaired) electrons. The van der Waals surface area contributed by atoms with Crippen LogP contribution in [0.5, 0.6) is 0 Å². The van der Waals surface area contributed by atoms with Gasteiger partial charge in [0.1, 0.15) is 5.69 Å². The first-order valence-electron chi connectivity index (χ1n) is 9.83. The third kappa shape index (κ3) is 4.04. The molecule has 1 amide bonds. The molecule has 1 fully saturated rings. The summed E-state index contributed by atoms with van der Waals surface area (Å²) >= 11 is 0. The molecule has 0 aliphatic carbocycles. The molecule has 0 spiro atoms. The summed E-state index contributed by atoms with van der Waals surface area (Å²) in [7, 11) is 2.13. The number of benzene rings is 1. The quantitative estimate of drug-likeness (QED) is 0.706. The van der Waals surface area contributed by atoms with Gasteiger partial charge in [-0.3, -0.25) is 9.78 Å². The van der Waals surface area contributed by atoms with Gasteiger partial charge >= 0.3 is 0 Å². The first-order valence-corrected chi connectivity index (χ1v) is 9.83. The van der Waals surface area contributed by atoms with Crippen molar-refractivity contribution in [2.24, 2.45) is 5.92 Å². The average molecular weight is 374 g/mol. The zero-order valence-corrected chi connectivity index (χ0v) is 16.5. The molecular formula is C23H26N4O. The molecule has 2 aromatic heterocycles. The van der Waals surface area contributed by atoms with E-state index in [0.29, 0.717) is 11.6 Å². The maximum absolute atomic E-state index is 13.1. The molecule has 1 aromatic carbocycles. The number of aryl methyl sites for hydroxylation is 1. The van der Waals surface area contributed by atoms with Crippen molar-refractivity contribution in [1.82, 2.24) is 19.8 Å². The third-order valence-corrected chi connectivity index (χ3v) is 5.45. The van der Waals surface area contributed by atoms with Crippen molar-refractivity contribution in [3.8, 4) is 0 Å². The molecule has 0 N–H and O–H groups in total. The Hall–Kier alpha value is -2.79. The van der Waals surface area contributed by atoms with Gasteiger partial charge in [0.05, 0.1) is 0 Å². The van der Waals surface area contributed by atoms with Gasteiger partial charge in [0.25, 0.3) is 5.91 Å². The molecule has 4 rings (SSSR count). The van der Waals surface area contributed by atoms with Gasteiger partial charge in [0, 0.05) is 49.7 Å². The first-order chi connectivity index (χ1) is 13.6. The molecule has 144 valence electrons. The number of carbonyl (C=O) groups is 1. The lowest BCUT2D eigenvalue weighted by atomic mass is 9.96. The molecule has 1 atom stereocenters. The molecule has 5 nitrogen and oxygen atoms in total. The zero-order valence-electron chi connectivity index (χ0n) is 16.5. The van der Waals surface area contributed by atoms with Crippen molar-refractivity contribution in [3.63, 3.8) is 0 Å². The van der Waals surface area contributed by atoms with Crippen molar-refractivity contribution >= 4 is 16.7 Å². The number of nitrogens with zero attached hydrogens (tertiary/aromatic N) is 4. The SMILES string of the molecule is Cc1cccc(C(=O)N2CCN(C)C[C@@H](Cc3cncc4ccccc34)C2)n1. The van der Waals surface area contributed by atoms with Gasteiger partial charge in [-0.2, -0.15) is 0 Å². The minimum absolute atomic E-state index is 0.0278. The van der Waals surface area contributed by atoms with E-state index in [1.165, 1.54) is 16.3 Å². The van der Waals surface area contributed by atoms with Crippen LogP contribution in [0.3, 0.4) is 0 Å². The van der Waals surface area contributed by atoms with E-state index in [4.69, 9.17) is 0 Å². The molecule has 1 aliphatic rings. The molecule has 1 saturated heterocycles. The fourth-order valence-electron chi connectivity index (χ4n) is 4.07. The predicted octanol–water partition coefficient (Wildman–Crippen LogP) is 3.18. The van der Waals surface area contributed by atoms with Crippen molar-refractivity contribution in [3.05, 3.63) is 71.8 Å². The van der Waals surface area contributed by atoms with E-state index in [1.807, 2.05) is 48.5 Å². The molecule has 0 bridgehead atoms. The normalized spacial score (nSPS) is 18.2. The second-order valence-electron chi connectivity index (χ2n) is 7.77. The molecule has 5 heteroatoms. The molecule has 3 heterocycles. The lowest BCUT2D eigenvalue weighted by Gasteiger charge is -2.24. The van der Waals surface area contributed by atoms with Crippen LogP contribution in [-0.4, -0.2) is 58.9 Å². The lowest BCUT2D eigenvalue weighted by Crippen LogP contribution is -2.37. The van der Waals surface area contributed by atoms with Gasteiger partial charge < -0.3 is 9.80 Å². The highest BCUT2D eigenvalue weighted by Gasteiger charge is 2.26. The number of amides is 1. The highest BCUT2D eigenvalue weighted by molar-refractivity contribution is 5.92. The van der Waals surface area contributed by atoms with E-state index in [-0.39, 0.29) is 5.91 Å². The largest absolute Gasteiger partial charge is 0.336 e. The van der Waals surface area contributed by atoms with Crippen LogP contribution in [0.25, 0.3) is 10.8 Å².